The molecule has 146 valence electrons. The number of carbonyl (C=O) groups excluding carboxylic acids is 2. The van der Waals surface area contributed by atoms with E-state index in [1.165, 1.54) is 13.1 Å². The van der Waals surface area contributed by atoms with Gasteiger partial charge >= 0.3 is 5.97 Å². The van der Waals surface area contributed by atoms with Gasteiger partial charge in [-0.25, -0.2) is 14.5 Å². The van der Waals surface area contributed by atoms with Crippen LogP contribution in [0.15, 0.2) is 42.7 Å². The van der Waals surface area contributed by atoms with Crippen molar-refractivity contribution in [3.63, 3.8) is 0 Å². The van der Waals surface area contributed by atoms with Crippen molar-refractivity contribution in [3.8, 4) is 0 Å². The van der Waals surface area contributed by atoms with Gasteiger partial charge in [0, 0.05) is 29.2 Å². The van der Waals surface area contributed by atoms with Crippen molar-refractivity contribution in [3.05, 3.63) is 58.9 Å². The first-order valence-corrected chi connectivity index (χ1v) is 9.30. The summed E-state index contributed by atoms with van der Waals surface area (Å²) < 4.78 is 7.04. The molecular weight excluding hydrogens is 380 g/mol. The maximum Gasteiger partial charge on any atom is 0.340 e. The lowest BCUT2D eigenvalue weighted by Gasteiger charge is -2.14. The van der Waals surface area contributed by atoms with Crippen molar-refractivity contribution in [2.24, 2.45) is 0 Å². The Morgan fingerprint density at radius 3 is 2.68 bits per heavy atom. The van der Waals surface area contributed by atoms with Crippen LogP contribution >= 0.6 is 11.6 Å². The number of nitrogens with zero attached hydrogens (tertiary/aromatic N) is 3. The largest absolute Gasteiger partial charge is 0.449 e. The summed E-state index contributed by atoms with van der Waals surface area (Å²) in [6, 6.07) is 9.03. The van der Waals surface area contributed by atoms with Crippen LogP contribution in [0.5, 0.6) is 0 Å². The Morgan fingerprint density at radius 1 is 1.21 bits per heavy atom. The Labute approximate surface area is 167 Å². The smallest absolute Gasteiger partial charge is 0.340 e. The molecule has 0 aliphatic carbocycles. The van der Waals surface area contributed by atoms with Crippen molar-refractivity contribution in [2.45, 2.75) is 39.5 Å². The SMILES string of the molecule is CC(OC(=O)c1cnc2c(cnn2C(C)C)c1)C(=O)NCc1ccccc1Cl. The van der Waals surface area contributed by atoms with Crippen LogP contribution in [-0.4, -0.2) is 32.7 Å². The van der Waals surface area contributed by atoms with Gasteiger partial charge in [0.25, 0.3) is 5.91 Å². The summed E-state index contributed by atoms with van der Waals surface area (Å²) in [4.78, 5) is 28.9. The summed E-state index contributed by atoms with van der Waals surface area (Å²) in [6.07, 6.45) is 2.13. The van der Waals surface area contributed by atoms with Crippen LogP contribution in [0, 0.1) is 0 Å². The Balaban J connectivity index is 1.62. The quantitative estimate of drug-likeness (QED) is 0.639. The van der Waals surface area contributed by atoms with Gasteiger partial charge in [-0.1, -0.05) is 29.8 Å². The molecule has 1 amide bonds. The molecule has 2 heterocycles. The van der Waals surface area contributed by atoms with Crippen molar-refractivity contribution in [2.75, 3.05) is 0 Å². The van der Waals surface area contributed by atoms with Gasteiger partial charge in [0.2, 0.25) is 0 Å². The third-order valence-electron chi connectivity index (χ3n) is 4.22. The van der Waals surface area contributed by atoms with Gasteiger partial charge < -0.3 is 10.1 Å². The maximum atomic E-state index is 12.4. The van der Waals surface area contributed by atoms with Crippen molar-refractivity contribution >= 4 is 34.5 Å². The van der Waals surface area contributed by atoms with E-state index in [0.29, 0.717) is 10.7 Å². The fourth-order valence-corrected chi connectivity index (χ4v) is 2.88. The number of carbonyl (C=O) groups is 2. The van der Waals surface area contributed by atoms with E-state index in [-0.39, 0.29) is 18.2 Å². The molecule has 8 heteroatoms. The molecule has 1 atom stereocenters. The Bertz CT molecular complexity index is 1020. The normalized spacial score (nSPS) is 12.2. The molecule has 0 bridgehead atoms. The van der Waals surface area contributed by atoms with E-state index in [2.05, 4.69) is 15.4 Å². The summed E-state index contributed by atoms with van der Waals surface area (Å²) in [5.41, 5.74) is 1.74. The summed E-state index contributed by atoms with van der Waals surface area (Å²) in [6.45, 7) is 5.77. The molecule has 1 aromatic carbocycles. The predicted octanol–water partition coefficient (Wildman–Crippen LogP) is 3.53. The predicted molar refractivity (Wildman–Crippen MR) is 106 cm³/mol. The number of halogens is 1. The lowest BCUT2D eigenvalue weighted by atomic mass is 10.2. The van der Waals surface area contributed by atoms with Crippen LogP contribution in [0.1, 0.15) is 42.7 Å². The molecule has 0 saturated heterocycles. The second kappa shape index (κ2) is 8.39. The summed E-state index contributed by atoms with van der Waals surface area (Å²) in [7, 11) is 0. The van der Waals surface area contributed by atoms with Crippen LogP contribution < -0.4 is 5.32 Å². The average Bonchev–Trinajstić information content (AvgIpc) is 3.10. The second-order valence-corrected chi connectivity index (χ2v) is 7.08. The monoisotopic (exact) mass is 400 g/mol. The number of benzene rings is 1. The van der Waals surface area contributed by atoms with E-state index < -0.39 is 18.0 Å². The van der Waals surface area contributed by atoms with Crippen LogP contribution in [0.4, 0.5) is 0 Å². The van der Waals surface area contributed by atoms with Crippen molar-refractivity contribution in [1.29, 1.82) is 0 Å². The Kier molecular flexibility index (Phi) is 5.94. The third kappa shape index (κ3) is 4.31. The molecule has 1 N–H and O–H groups in total. The van der Waals surface area contributed by atoms with Gasteiger partial charge in [0.15, 0.2) is 11.8 Å². The number of hydrogen-bond donors (Lipinski definition) is 1. The van der Waals surface area contributed by atoms with Crippen LogP contribution in [-0.2, 0) is 16.1 Å². The van der Waals surface area contributed by atoms with Crippen molar-refractivity contribution < 1.29 is 14.3 Å². The van der Waals surface area contributed by atoms with Gasteiger partial charge in [-0.2, -0.15) is 5.10 Å². The number of esters is 1. The van der Waals surface area contributed by atoms with Crippen LogP contribution in [0.2, 0.25) is 5.02 Å². The first-order valence-electron chi connectivity index (χ1n) is 8.92. The minimum atomic E-state index is -0.955. The maximum absolute atomic E-state index is 12.4. The summed E-state index contributed by atoms with van der Waals surface area (Å²) in [5.74, 6) is -1.03. The topological polar surface area (TPSA) is 86.1 Å². The lowest BCUT2D eigenvalue weighted by molar-refractivity contribution is -0.129. The van der Waals surface area contributed by atoms with E-state index in [1.54, 1.807) is 23.0 Å². The van der Waals surface area contributed by atoms with Gasteiger partial charge in [0.05, 0.1) is 11.8 Å². The molecule has 0 spiro atoms. The van der Waals surface area contributed by atoms with Gasteiger partial charge in [-0.15, -0.1) is 0 Å². The van der Waals surface area contributed by atoms with Crippen LogP contribution in [0.3, 0.4) is 0 Å². The number of nitrogens with one attached hydrogen (secondary N) is 1. The standard InChI is InChI=1S/C20H21ClN4O3/c1-12(2)25-18-15(11-24-25)8-16(10-22-18)20(27)28-13(3)19(26)23-9-14-6-4-5-7-17(14)21/h4-8,10-13H,9H2,1-3H3,(H,23,26). The highest BCUT2D eigenvalue weighted by atomic mass is 35.5. The molecule has 1 unspecified atom stereocenters. The third-order valence-corrected chi connectivity index (χ3v) is 4.59. The molecule has 28 heavy (non-hydrogen) atoms. The number of fused-ring (bicyclic) bond motifs is 1. The molecule has 0 radical (unpaired) electrons. The zero-order chi connectivity index (χ0) is 20.3. The highest BCUT2D eigenvalue weighted by molar-refractivity contribution is 6.31. The van der Waals surface area contributed by atoms with Gasteiger partial charge in [0.1, 0.15) is 0 Å². The first-order chi connectivity index (χ1) is 13.4. The zero-order valence-electron chi connectivity index (χ0n) is 15.8. The number of ether oxygens (including phenoxy) is 1. The van der Waals surface area contributed by atoms with Crippen molar-refractivity contribution in [1.82, 2.24) is 20.1 Å². The fraction of sp³-hybridized carbons (Fsp3) is 0.300. The molecule has 7 nitrogen and oxygen atoms in total. The lowest BCUT2D eigenvalue weighted by Crippen LogP contribution is -2.35. The van der Waals surface area contributed by atoms with E-state index in [4.69, 9.17) is 16.3 Å². The average molecular weight is 401 g/mol. The Hall–Kier alpha value is -2.93. The van der Waals surface area contributed by atoms with Gasteiger partial charge in [-0.3, -0.25) is 4.79 Å². The molecule has 2 aromatic heterocycles. The number of aromatic nitrogens is 3. The number of rotatable bonds is 6. The second-order valence-electron chi connectivity index (χ2n) is 6.68. The van der Waals surface area contributed by atoms with E-state index in [0.717, 1.165) is 10.9 Å². The fourth-order valence-electron chi connectivity index (χ4n) is 2.68. The van der Waals surface area contributed by atoms with E-state index >= 15 is 0 Å². The van der Waals surface area contributed by atoms with E-state index in [1.807, 2.05) is 32.0 Å². The number of pyridine rings is 1. The highest BCUT2D eigenvalue weighted by Crippen LogP contribution is 2.18. The minimum absolute atomic E-state index is 0.157. The summed E-state index contributed by atoms with van der Waals surface area (Å²) >= 11 is 6.07. The molecular formula is C20H21ClN4O3. The first kappa shape index (κ1) is 19.8. The summed E-state index contributed by atoms with van der Waals surface area (Å²) in [5, 5.41) is 8.28. The van der Waals surface area contributed by atoms with Gasteiger partial charge in [-0.05, 0) is 38.5 Å². The number of amides is 1. The molecule has 0 aliphatic heterocycles. The highest BCUT2D eigenvalue weighted by Gasteiger charge is 2.20. The molecule has 0 saturated carbocycles. The minimum Gasteiger partial charge on any atom is -0.449 e. The van der Waals surface area contributed by atoms with E-state index in [9.17, 15) is 9.59 Å². The molecule has 0 fully saturated rings. The van der Waals surface area contributed by atoms with Crippen LogP contribution in [0.25, 0.3) is 11.0 Å². The molecule has 0 aliphatic rings. The number of hydrogen-bond acceptors (Lipinski definition) is 5. The zero-order valence-corrected chi connectivity index (χ0v) is 16.6. The molecule has 3 rings (SSSR count). The Morgan fingerprint density at radius 2 is 1.96 bits per heavy atom. The molecule has 3 aromatic rings.